The third kappa shape index (κ3) is 4.52. The summed E-state index contributed by atoms with van der Waals surface area (Å²) in [6.45, 7) is 3.14. The monoisotopic (exact) mass is 395 g/mol. The average Bonchev–Trinajstić information content (AvgIpc) is 3.06. The van der Waals surface area contributed by atoms with Gasteiger partial charge in [-0.3, -0.25) is 4.79 Å². The van der Waals surface area contributed by atoms with Crippen LogP contribution in [-0.2, 0) is 6.42 Å². The molecule has 1 saturated heterocycles. The highest BCUT2D eigenvalue weighted by Gasteiger charge is 2.22. The largest absolute Gasteiger partial charge is 0.370 e. The Bertz CT molecular complexity index is 1040. The summed E-state index contributed by atoms with van der Waals surface area (Å²) < 4.78 is 0. The van der Waals surface area contributed by atoms with Crippen molar-refractivity contribution in [2.24, 2.45) is 0 Å². The summed E-state index contributed by atoms with van der Waals surface area (Å²) in [5.74, 6) is 0.114. The van der Waals surface area contributed by atoms with E-state index in [-0.39, 0.29) is 5.91 Å². The number of rotatable bonds is 4. The average molecular weight is 396 g/mol. The van der Waals surface area contributed by atoms with Gasteiger partial charge in [0.25, 0.3) is 5.91 Å². The number of hydrogen-bond acceptors (Lipinski definition) is 3. The normalized spacial score (nSPS) is 14.1. The summed E-state index contributed by atoms with van der Waals surface area (Å²) in [5.41, 5.74) is 4.85. The second-order valence-electron chi connectivity index (χ2n) is 7.61. The van der Waals surface area contributed by atoms with Crippen LogP contribution in [0.25, 0.3) is 0 Å². The molecule has 3 aromatic rings. The molecule has 1 aliphatic heterocycles. The molecule has 0 aliphatic carbocycles. The van der Waals surface area contributed by atoms with E-state index < -0.39 is 0 Å². The Morgan fingerprint density at radius 2 is 1.57 bits per heavy atom. The van der Waals surface area contributed by atoms with E-state index in [9.17, 15) is 4.79 Å². The molecule has 0 spiro atoms. The van der Waals surface area contributed by atoms with Gasteiger partial charge in [-0.2, -0.15) is 5.26 Å². The maximum Gasteiger partial charge on any atom is 0.254 e. The molecule has 30 heavy (non-hydrogen) atoms. The van der Waals surface area contributed by atoms with Crippen molar-refractivity contribution < 1.29 is 4.79 Å². The molecule has 0 aromatic heterocycles. The number of amides is 1. The van der Waals surface area contributed by atoms with Gasteiger partial charge in [-0.05, 0) is 54.3 Å². The molecule has 0 N–H and O–H groups in total. The van der Waals surface area contributed by atoms with Gasteiger partial charge in [-0.25, -0.2) is 0 Å². The molecule has 1 aliphatic rings. The van der Waals surface area contributed by atoms with Crippen molar-refractivity contribution in [1.82, 2.24) is 4.90 Å². The standard InChI is InChI=1S/C26H25N3O/c27-20-22-11-13-24(14-12-22)28-15-6-16-29(18-17-28)26(30)25-10-5-4-9-23(25)19-21-7-2-1-3-8-21/h1-5,7-14H,6,15-19H2. The number of anilines is 1. The lowest BCUT2D eigenvalue weighted by molar-refractivity contribution is 0.0766. The lowest BCUT2D eigenvalue weighted by atomic mass is 9.99. The molecular weight excluding hydrogens is 370 g/mol. The first kappa shape index (κ1) is 19.7. The van der Waals surface area contributed by atoms with Gasteiger partial charge in [0.2, 0.25) is 0 Å². The summed E-state index contributed by atoms with van der Waals surface area (Å²) in [6, 6.07) is 28.1. The molecule has 0 unspecified atom stereocenters. The van der Waals surface area contributed by atoms with Crippen LogP contribution in [0, 0.1) is 11.3 Å². The number of benzene rings is 3. The van der Waals surface area contributed by atoms with Crippen molar-refractivity contribution >= 4 is 11.6 Å². The molecule has 3 aromatic carbocycles. The first-order valence-corrected chi connectivity index (χ1v) is 10.4. The van der Waals surface area contributed by atoms with Crippen molar-refractivity contribution in [3.05, 3.63) is 101 Å². The predicted octanol–water partition coefficient (Wildman–Crippen LogP) is 4.50. The third-order valence-corrected chi connectivity index (χ3v) is 5.63. The fourth-order valence-electron chi connectivity index (χ4n) is 3.99. The van der Waals surface area contributed by atoms with Gasteiger partial charge in [0.05, 0.1) is 11.6 Å². The Kier molecular flexibility index (Phi) is 6.10. The zero-order valence-corrected chi connectivity index (χ0v) is 17.0. The summed E-state index contributed by atoms with van der Waals surface area (Å²) in [6.07, 6.45) is 1.68. The van der Waals surface area contributed by atoms with Crippen molar-refractivity contribution in [3.8, 4) is 6.07 Å². The van der Waals surface area contributed by atoms with Crippen LogP contribution >= 0.6 is 0 Å². The van der Waals surface area contributed by atoms with Gasteiger partial charge in [-0.15, -0.1) is 0 Å². The van der Waals surface area contributed by atoms with Crippen LogP contribution in [0.3, 0.4) is 0 Å². The molecule has 4 heteroatoms. The Labute approximate surface area is 178 Å². The summed E-state index contributed by atoms with van der Waals surface area (Å²) >= 11 is 0. The van der Waals surface area contributed by atoms with Gasteiger partial charge < -0.3 is 9.80 Å². The van der Waals surface area contributed by atoms with Crippen molar-refractivity contribution in [1.29, 1.82) is 5.26 Å². The minimum absolute atomic E-state index is 0.114. The SMILES string of the molecule is N#Cc1ccc(N2CCCN(C(=O)c3ccccc3Cc3ccccc3)CC2)cc1. The van der Waals surface area contributed by atoms with Crippen molar-refractivity contribution in [2.75, 3.05) is 31.1 Å². The van der Waals surface area contributed by atoms with Crippen molar-refractivity contribution in [3.63, 3.8) is 0 Å². The molecule has 0 saturated carbocycles. The smallest absolute Gasteiger partial charge is 0.254 e. The molecule has 0 bridgehead atoms. The lowest BCUT2D eigenvalue weighted by Gasteiger charge is -2.24. The van der Waals surface area contributed by atoms with Crippen LogP contribution in [0.4, 0.5) is 5.69 Å². The van der Waals surface area contributed by atoms with E-state index in [1.54, 1.807) is 0 Å². The third-order valence-electron chi connectivity index (χ3n) is 5.63. The molecule has 4 nitrogen and oxygen atoms in total. The fourth-order valence-corrected chi connectivity index (χ4v) is 3.99. The summed E-state index contributed by atoms with van der Waals surface area (Å²) in [5, 5.41) is 9.00. The highest BCUT2D eigenvalue weighted by atomic mass is 16.2. The minimum atomic E-state index is 0.114. The highest BCUT2D eigenvalue weighted by Crippen LogP contribution is 2.20. The van der Waals surface area contributed by atoms with Crippen LogP contribution in [0.2, 0.25) is 0 Å². The molecule has 1 amide bonds. The second kappa shape index (κ2) is 9.28. The first-order valence-electron chi connectivity index (χ1n) is 10.4. The van der Waals surface area contributed by atoms with Gasteiger partial charge in [0, 0.05) is 37.4 Å². The number of nitrogens with zero attached hydrogens (tertiary/aromatic N) is 3. The molecule has 1 fully saturated rings. The van der Waals surface area contributed by atoms with Gasteiger partial charge in [0.15, 0.2) is 0 Å². The van der Waals surface area contributed by atoms with Gasteiger partial charge in [0.1, 0.15) is 0 Å². The number of carbonyl (C=O) groups is 1. The van der Waals surface area contributed by atoms with Crippen LogP contribution in [0.15, 0.2) is 78.9 Å². The number of nitriles is 1. The van der Waals surface area contributed by atoms with E-state index >= 15 is 0 Å². The molecule has 150 valence electrons. The van der Waals surface area contributed by atoms with E-state index in [1.807, 2.05) is 65.6 Å². The topological polar surface area (TPSA) is 47.3 Å². The molecule has 0 radical (unpaired) electrons. The molecule has 4 rings (SSSR count). The lowest BCUT2D eigenvalue weighted by Crippen LogP contribution is -2.35. The second-order valence-corrected chi connectivity index (χ2v) is 7.61. The van der Waals surface area contributed by atoms with E-state index in [2.05, 4.69) is 29.2 Å². The predicted molar refractivity (Wildman–Crippen MR) is 120 cm³/mol. The van der Waals surface area contributed by atoms with Crippen molar-refractivity contribution in [2.45, 2.75) is 12.8 Å². The van der Waals surface area contributed by atoms with Crippen LogP contribution in [0.1, 0.15) is 33.5 Å². The van der Waals surface area contributed by atoms with Crippen LogP contribution in [0.5, 0.6) is 0 Å². The number of hydrogen-bond donors (Lipinski definition) is 0. The minimum Gasteiger partial charge on any atom is -0.370 e. The molecule has 0 atom stereocenters. The fraction of sp³-hybridized carbons (Fsp3) is 0.231. The maximum absolute atomic E-state index is 13.4. The molecule has 1 heterocycles. The van der Waals surface area contributed by atoms with Crippen LogP contribution in [-0.4, -0.2) is 37.0 Å². The maximum atomic E-state index is 13.4. The Hall–Kier alpha value is -3.58. The highest BCUT2D eigenvalue weighted by molar-refractivity contribution is 5.96. The van der Waals surface area contributed by atoms with E-state index in [0.29, 0.717) is 12.1 Å². The summed E-state index contributed by atoms with van der Waals surface area (Å²) in [7, 11) is 0. The Balaban J connectivity index is 1.47. The first-order chi connectivity index (χ1) is 14.7. The van der Waals surface area contributed by atoms with E-state index in [0.717, 1.165) is 49.3 Å². The Morgan fingerprint density at radius 1 is 0.833 bits per heavy atom. The van der Waals surface area contributed by atoms with Gasteiger partial charge >= 0.3 is 0 Å². The van der Waals surface area contributed by atoms with E-state index in [1.165, 1.54) is 5.56 Å². The Morgan fingerprint density at radius 3 is 2.33 bits per heavy atom. The van der Waals surface area contributed by atoms with Gasteiger partial charge in [-0.1, -0.05) is 48.5 Å². The zero-order valence-electron chi connectivity index (χ0n) is 17.0. The molecular formula is C26H25N3O. The van der Waals surface area contributed by atoms with Crippen LogP contribution < -0.4 is 4.90 Å². The van der Waals surface area contributed by atoms with E-state index in [4.69, 9.17) is 5.26 Å². The summed E-state index contributed by atoms with van der Waals surface area (Å²) in [4.78, 5) is 17.6. The number of carbonyl (C=O) groups excluding carboxylic acids is 1. The quantitative estimate of drug-likeness (QED) is 0.653. The zero-order chi connectivity index (χ0) is 20.8.